The lowest BCUT2D eigenvalue weighted by Gasteiger charge is -2.17. The van der Waals surface area contributed by atoms with Crippen molar-refractivity contribution in [3.8, 4) is 0 Å². The standard InChI is InChI=1S/C8H6O4.C6H15NO3/c9-7(10)5-2-1-3-6(4-5)8(11)12;8-4-1-7(2-5-9)3-6-10/h1-4H,(H,9,10)(H,11,12);8-10H,1-6H2. The van der Waals surface area contributed by atoms with Gasteiger partial charge in [0.1, 0.15) is 0 Å². The van der Waals surface area contributed by atoms with Crippen LogP contribution in [0.1, 0.15) is 20.7 Å². The minimum Gasteiger partial charge on any atom is -0.478 e. The van der Waals surface area contributed by atoms with Gasteiger partial charge in [0, 0.05) is 19.6 Å². The summed E-state index contributed by atoms with van der Waals surface area (Å²) in [5.74, 6) is -2.25. The first kappa shape index (κ1) is 20.0. The number of hydrogen-bond donors (Lipinski definition) is 5. The Labute approximate surface area is 127 Å². The van der Waals surface area contributed by atoms with E-state index in [0.29, 0.717) is 19.6 Å². The Hall–Kier alpha value is -2.00. The molecule has 0 aliphatic heterocycles. The van der Waals surface area contributed by atoms with Gasteiger partial charge in [-0.1, -0.05) is 6.07 Å². The third-order valence-corrected chi connectivity index (χ3v) is 2.61. The topological polar surface area (TPSA) is 139 Å². The Balaban J connectivity index is 0.000000409. The predicted octanol–water partition coefficient (Wildman–Crippen LogP) is -0.652. The lowest BCUT2D eigenvalue weighted by atomic mass is 10.1. The van der Waals surface area contributed by atoms with Crippen LogP contribution < -0.4 is 0 Å². The number of carboxylic acids is 2. The van der Waals surface area contributed by atoms with E-state index < -0.39 is 11.9 Å². The highest BCUT2D eigenvalue weighted by Crippen LogP contribution is 2.04. The number of hydrogen-bond acceptors (Lipinski definition) is 6. The van der Waals surface area contributed by atoms with Gasteiger partial charge in [-0.25, -0.2) is 9.59 Å². The summed E-state index contributed by atoms with van der Waals surface area (Å²) < 4.78 is 0. The van der Waals surface area contributed by atoms with Crippen molar-refractivity contribution >= 4 is 11.9 Å². The van der Waals surface area contributed by atoms with Gasteiger partial charge in [-0.3, -0.25) is 4.90 Å². The van der Waals surface area contributed by atoms with Gasteiger partial charge in [-0.2, -0.15) is 0 Å². The largest absolute Gasteiger partial charge is 0.478 e. The third-order valence-electron chi connectivity index (χ3n) is 2.61. The van der Waals surface area contributed by atoms with Crippen LogP contribution in [-0.2, 0) is 0 Å². The molecule has 8 nitrogen and oxygen atoms in total. The maximum Gasteiger partial charge on any atom is 0.335 e. The highest BCUT2D eigenvalue weighted by molar-refractivity contribution is 5.93. The van der Waals surface area contributed by atoms with Crippen LogP contribution >= 0.6 is 0 Å². The number of aliphatic hydroxyl groups is 3. The van der Waals surface area contributed by atoms with E-state index in [4.69, 9.17) is 25.5 Å². The molecule has 5 N–H and O–H groups in total. The Morgan fingerprint density at radius 2 is 1.18 bits per heavy atom. The van der Waals surface area contributed by atoms with Gasteiger partial charge in [0.05, 0.1) is 30.9 Å². The lowest BCUT2D eigenvalue weighted by molar-refractivity contribution is 0.0696. The number of carboxylic acid groups (broad SMARTS) is 2. The summed E-state index contributed by atoms with van der Waals surface area (Å²) >= 11 is 0. The summed E-state index contributed by atoms with van der Waals surface area (Å²) in [5, 5.41) is 42.5. The number of carbonyl (C=O) groups is 2. The third kappa shape index (κ3) is 8.32. The molecule has 1 aromatic carbocycles. The first-order valence-electron chi connectivity index (χ1n) is 6.57. The monoisotopic (exact) mass is 315 g/mol. The van der Waals surface area contributed by atoms with Crippen molar-refractivity contribution in [3.63, 3.8) is 0 Å². The van der Waals surface area contributed by atoms with Crippen molar-refractivity contribution in [2.75, 3.05) is 39.5 Å². The maximum absolute atomic E-state index is 10.4. The molecule has 0 saturated heterocycles. The number of benzene rings is 1. The smallest absolute Gasteiger partial charge is 0.335 e. The number of aromatic carboxylic acids is 2. The van der Waals surface area contributed by atoms with Crippen molar-refractivity contribution in [3.05, 3.63) is 35.4 Å². The molecule has 0 heterocycles. The summed E-state index contributed by atoms with van der Waals surface area (Å²) in [6, 6.07) is 5.20. The highest BCUT2D eigenvalue weighted by Gasteiger charge is 2.06. The predicted molar refractivity (Wildman–Crippen MR) is 78.1 cm³/mol. The lowest BCUT2D eigenvalue weighted by Crippen LogP contribution is -2.32. The summed E-state index contributed by atoms with van der Waals surface area (Å²) in [7, 11) is 0. The summed E-state index contributed by atoms with van der Waals surface area (Å²) in [5.41, 5.74) is -0.0372. The molecular formula is C14H21NO7. The Morgan fingerprint density at radius 3 is 1.45 bits per heavy atom. The zero-order valence-electron chi connectivity index (χ0n) is 12.1. The molecule has 1 rings (SSSR count). The highest BCUT2D eigenvalue weighted by atomic mass is 16.4. The number of aliphatic hydroxyl groups excluding tert-OH is 3. The van der Waals surface area contributed by atoms with Crippen molar-refractivity contribution in [1.29, 1.82) is 0 Å². The average Bonchev–Trinajstić information content (AvgIpc) is 2.49. The fourth-order valence-corrected chi connectivity index (χ4v) is 1.54. The van der Waals surface area contributed by atoms with E-state index in [0.717, 1.165) is 6.07 Å². The van der Waals surface area contributed by atoms with E-state index in [1.807, 2.05) is 0 Å². The van der Waals surface area contributed by atoms with Crippen molar-refractivity contribution in [2.24, 2.45) is 0 Å². The summed E-state index contributed by atoms with van der Waals surface area (Å²) in [6.07, 6.45) is 0. The van der Waals surface area contributed by atoms with Gasteiger partial charge >= 0.3 is 11.9 Å². The molecule has 0 aliphatic rings. The van der Waals surface area contributed by atoms with E-state index in [2.05, 4.69) is 0 Å². The van der Waals surface area contributed by atoms with Gasteiger partial charge in [0.15, 0.2) is 0 Å². The van der Waals surface area contributed by atoms with E-state index in [-0.39, 0.29) is 30.9 Å². The first-order valence-corrected chi connectivity index (χ1v) is 6.57. The second kappa shape index (κ2) is 11.6. The minimum atomic E-state index is -1.13. The Kier molecular flexibility index (Phi) is 10.6. The molecule has 0 aliphatic carbocycles. The maximum atomic E-state index is 10.4. The molecule has 8 heteroatoms. The van der Waals surface area contributed by atoms with Crippen LogP contribution in [0.4, 0.5) is 0 Å². The van der Waals surface area contributed by atoms with Gasteiger partial charge in [-0.05, 0) is 18.2 Å². The molecule has 0 bridgehead atoms. The Bertz CT molecular complexity index is 421. The van der Waals surface area contributed by atoms with E-state index in [9.17, 15) is 9.59 Å². The molecule has 1 aromatic rings. The average molecular weight is 315 g/mol. The fraction of sp³-hybridized carbons (Fsp3) is 0.429. The van der Waals surface area contributed by atoms with Crippen molar-refractivity contribution in [2.45, 2.75) is 0 Å². The van der Waals surface area contributed by atoms with E-state index in [1.165, 1.54) is 18.2 Å². The van der Waals surface area contributed by atoms with Gasteiger partial charge < -0.3 is 25.5 Å². The Morgan fingerprint density at radius 1 is 0.818 bits per heavy atom. The molecule has 0 saturated carbocycles. The van der Waals surface area contributed by atoms with Crippen LogP contribution in [0.15, 0.2) is 24.3 Å². The second-order valence-electron chi connectivity index (χ2n) is 4.20. The molecule has 124 valence electrons. The van der Waals surface area contributed by atoms with Gasteiger partial charge in [0.2, 0.25) is 0 Å². The molecule has 0 aromatic heterocycles. The van der Waals surface area contributed by atoms with Crippen LogP contribution in [-0.4, -0.2) is 81.8 Å². The summed E-state index contributed by atoms with van der Waals surface area (Å²) in [6.45, 7) is 1.75. The van der Waals surface area contributed by atoms with E-state index in [1.54, 1.807) is 4.90 Å². The molecule has 0 amide bonds. The fourth-order valence-electron chi connectivity index (χ4n) is 1.54. The summed E-state index contributed by atoms with van der Waals surface area (Å²) in [4.78, 5) is 22.6. The minimum absolute atomic E-state index is 0.0186. The van der Waals surface area contributed by atoms with Gasteiger partial charge in [-0.15, -0.1) is 0 Å². The zero-order valence-corrected chi connectivity index (χ0v) is 12.1. The van der Waals surface area contributed by atoms with Crippen LogP contribution in [0.3, 0.4) is 0 Å². The molecule has 0 atom stereocenters. The normalized spacial score (nSPS) is 10.0. The van der Waals surface area contributed by atoms with Crippen molar-refractivity contribution in [1.82, 2.24) is 4.90 Å². The van der Waals surface area contributed by atoms with Crippen LogP contribution in [0.25, 0.3) is 0 Å². The second-order valence-corrected chi connectivity index (χ2v) is 4.20. The molecule has 0 spiro atoms. The van der Waals surface area contributed by atoms with Gasteiger partial charge in [0.25, 0.3) is 0 Å². The quantitative estimate of drug-likeness (QED) is 0.426. The molecule has 0 radical (unpaired) electrons. The zero-order chi connectivity index (χ0) is 17.0. The van der Waals surface area contributed by atoms with Crippen LogP contribution in [0.2, 0.25) is 0 Å². The van der Waals surface area contributed by atoms with Crippen LogP contribution in [0.5, 0.6) is 0 Å². The first-order chi connectivity index (χ1) is 10.5. The number of nitrogens with zero attached hydrogens (tertiary/aromatic N) is 1. The SMILES string of the molecule is O=C(O)c1cccc(C(=O)O)c1.OCCN(CCO)CCO. The number of rotatable bonds is 8. The van der Waals surface area contributed by atoms with Crippen molar-refractivity contribution < 1.29 is 35.1 Å². The molecule has 22 heavy (non-hydrogen) atoms. The van der Waals surface area contributed by atoms with E-state index >= 15 is 0 Å². The van der Waals surface area contributed by atoms with Crippen LogP contribution in [0, 0.1) is 0 Å². The molecule has 0 fully saturated rings. The molecule has 0 unspecified atom stereocenters. The molecular weight excluding hydrogens is 294 g/mol.